The van der Waals surface area contributed by atoms with E-state index in [4.69, 9.17) is 4.74 Å². The minimum atomic E-state index is -0.0384. The van der Waals surface area contributed by atoms with Crippen molar-refractivity contribution in [3.05, 3.63) is 102 Å². The van der Waals surface area contributed by atoms with Gasteiger partial charge in [0.15, 0.2) is 0 Å². The van der Waals surface area contributed by atoms with E-state index in [2.05, 4.69) is 48.6 Å². The van der Waals surface area contributed by atoms with Gasteiger partial charge in [-0.05, 0) is 48.1 Å². The number of hydrogen-bond acceptors (Lipinski definition) is 2. The Kier molecular flexibility index (Phi) is 10.5. The lowest BCUT2D eigenvalue weighted by atomic mass is 9.98. The van der Waals surface area contributed by atoms with Gasteiger partial charge < -0.3 is 10.1 Å². The molecule has 1 unspecified atom stereocenters. The number of nitrogens with one attached hydrogen (secondary N) is 1. The number of rotatable bonds is 14. The van der Waals surface area contributed by atoms with E-state index in [1.54, 1.807) is 0 Å². The van der Waals surface area contributed by atoms with Gasteiger partial charge in [0.2, 0.25) is 5.91 Å². The zero-order valence-electron chi connectivity index (χ0n) is 19.8. The molecule has 0 spiro atoms. The summed E-state index contributed by atoms with van der Waals surface area (Å²) in [6.45, 7) is 2.99. The summed E-state index contributed by atoms with van der Waals surface area (Å²) in [7, 11) is 0. The standard InChI is InChI=1S/C30H37NO2/c1-2-3-4-5-12-22-33-28-19-13-16-26(23-28)20-21-30(32)31-29(27-17-10-7-11-18-27)24-25-14-8-6-9-15-25/h6-11,13-19,23,29H,2-5,12,20-22,24H2,1H3,(H,31,32). The first-order valence-corrected chi connectivity index (χ1v) is 12.3. The van der Waals surface area contributed by atoms with Gasteiger partial charge >= 0.3 is 0 Å². The van der Waals surface area contributed by atoms with Gasteiger partial charge in [-0.1, -0.05) is 105 Å². The average molecular weight is 444 g/mol. The molecular formula is C30H37NO2. The summed E-state index contributed by atoms with van der Waals surface area (Å²) < 4.78 is 5.92. The Labute approximate surface area is 199 Å². The number of carbonyl (C=O) groups excluding carboxylic acids is 1. The molecular weight excluding hydrogens is 406 g/mol. The minimum absolute atomic E-state index is 0.0384. The molecule has 3 rings (SSSR count). The van der Waals surface area contributed by atoms with Gasteiger partial charge in [0, 0.05) is 6.42 Å². The molecule has 0 aromatic heterocycles. The van der Waals surface area contributed by atoms with Crippen molar-refractivity contribution in [3.8, 4) is 5.75 Å². The molecule has 3 nitrogen and oxygen atoms in total. The predicted molar refractivity (Wildman–Crippen MR) is 136 cm³/mol. The zero-order valence-corrected chi connectivity index (χ0v) is 19.8. The van der Waals surface area contributed by atoms with Gasteiger partial charge in [0.1, 0.15) is 5.75 Å². The number of amides is 1. The van der Waals surface area contributed by atoms with Crippen LogP contribution in [-0.4, -0.2) is 12.5 Å². The summed E-state index contributed by atoms with van der Waals surface area (Å²) in [6.07, 6.45) is 8.09. The molecule has 0 heterocycles. The molecule has 1 atom stereocenters. The highest BCUT2D eigenvalue weighted by Gasteiger charge is 2.15. The van der Waals surface area contributed by atoms with Crippen LogP contribution in [0.3, 0.4) is 0 Å². The number of unbranched alkanes of at least 4 members (excludes halogenated alkanes) is 4. The second-order valence-electron chi connectivity index (χ2n) is 8.63. The maximum atomic E-state index is 12.8. The monoisotopic (exact) mass is 443 g/mol. The molecule has 0 bridgehead atoms. The van der Waals surface area contributed by atoms with E-state index >= 15 is 0 Å². The summed E-state index contributed by atoms with van der Waals surface area (Å²) in [4.78, 5) is 12.8. The molecule has 174 valence electrons. The van der Waals surface area contributed by atoms with Crippen LogP contribution in [0.15, 0.2) is 84.9 Å². The first kappa shape index (κ1) is 24.6. The third-order valence-corrected chi connectivity index (χ3v) is 5.88. The zero-order chi connectivity index (χ0) is 23.1. The van der Waals surface area contributed by atoms with Crippen molar-refractivity contribution in [2.45, 2.75) is 64.3 Å². The molecule has 0 aliphatic heterocycles. The lowest BCUT2D eigenvalue weighted by Gasteiger charge is -2.20. The Morgan fingerprint density at radius 2 is 1.52 bits per heavy atom. The minimum Gasteiger partial charge on any atom is -0.494 e. The average Bonchev–Trinajstić information content (AvgIpc) is 2.86. The second-order valence-corrected chi connectivity index (χ2v) is 8.63. The quantitative estimate of drug-likeness (QED) is 0.271. The Balaban J connectivity index is 1.50. The summed E-state index contributed by atoms with van der Waals surface area (Å²) in [6, 6.07) is 28.6. The molecule has 33 heavy (non-hydrogen) atoms. The van der Waals surface area contributed by atoms with Crippen LogP contribution in [0, 0.1) is 0 Å². The largest absolute Gasteiger partial charge is 0.494 e. The highest BCUT2D eigenvalue weighted by atomic mass is 16.5. The number of hydrogen-bond donors (Lipinski definition) is 1. The third-order valence-electron chi connectivity index (χ3n) is 5.88. The Hall–Kier alpha value is -3.07. The van der Waals surface area contributed by atoms with Crippen molar-refractivity contribution < 1.29 is 9.53 Å². The Morgan fingerprint density at radius 3 is 2.27 bits per heavy atom. The fourth-order valence-electron chi connectivity index (χ4n) is 4.00. The van der Waals surface area contributed by atoms with E-state index in [9.17, 15) is 4.79 Å². The molecule has 1 N–H and O–H groups in total. The van der Waals surface area contributed by atoms with Crippen LogP contribution in [0.2, 0.25) is 0 Å². The van der Waals surface area contributed by atoms with Gasteiger partial charge in [0.05, 0.1) is 12.6 Å². The molecule has 1 amide bonds. The van der Waals surface area contributed by atoms with Gasteiger partial charge in [-0.15, -0.1) is 0 Å². The molecule has 0 saturated heterocycles. The lowest BCUT2D eigenvalue weighted by Crippen LogP contribution is -2.30. The van der Waals surface area contributed by atoms with Crippen LogP contribution in [0.25, 0.3) is 0 Å². The first-order valence-electron chi connectivity index (χ1n) is 12.3. The van der Waals surface area contributed by atoms with Crippen LogP contribution >= 0.6 is 0 Å². The summed E-state index contributed by atoms with van der Waals surface area (Å²) in [5, 5.41) is 3.26. The van der Waals surface area contributed by atoms with Crippen LogP contribution in [-0.2, 0) is 17.6 Å². The van der Waals surface area contributed by atoms with E-state index < -0.39 is 0 Å². The van der Waals surface area contributed by atoms with E-state index in [1.165, 1.54) is 31.2 Å². The Bertz CT molecular complexity index is 940. The second kappa shape index (κ2) is 14.2. The van der Waals surface area contributed by atoms with Crippen LogP contribution in [0.5, 0.6) is 5.75 Å². The van der Waals surface area contributed by atoms with Crippen LogP contribution in [0.1, 0.15) is 68.2 Å². The van der Waals surface area contributed by atoms with Crippen molar-refractivity contribution in [1.29, 1.82) is 0 Å². The van der Waals surface area contributed by atoms with Gasteiger partial charge in [-0.3, -0.25) is 4.79 Å². The normalized spacial score (nSPS) is 11.7. The Morgan fingerprint density at radius 1 is 0.818 bits per heavy atom. The summed E-state index contributed by atoms with van der Waals surface area (Å²) in [5.74, 6) is 0.969. The molecule has 3 aromatic carbocycles. The summed E-state index contributed by atoms with van der Waals surface area (Å²) in [5.41, 5.74) is 3.48. The SMILES string of the molecule is CCCCCCCOc1cccc(CCC(=O)NC(Cc2ccccc2)c2ccccc2)c1. The predicted octanol–water partition coefficient (Wildman–Crippen LogP) is 7.07. The van der Waals surface area contributed by atoms with Crippen LogP contribution in [0.4, 0.5) is 0 Å². The number of carbonyl (C=O) groups is 1. The van der Waals surface area contributed by atoms with E-state index in [0.717, 1.165) is 36.3 Å². The van der Waals surface area contributed by atoms with E-state index in [1.807, 2.05) is 48.5 Å². The number of ether oxygens (including phenoxy) is 1. The molecule has 0 radical (unpaired) electrons. The van der Waals surface area contributed by atoms with Crippen molar-refractivity contribution in [2.75, 3.05) is 6.61 Å². The van der Waals surface area contributed by atoms with Gasteiger partial charge in [0.25, 0.3) is 0 Å². The highest BCUT2D eigenvalue weighted by molar-refractivity contribution is 5.76. The van der Waals surface area contributed by atoms with Crippen molar-refractivity contribution in [2.24, 2.45) is 0 Å². The molecule has 3 heteroatoms. The third kappa shape index (κ3) is 9.13. The van der Waals surface area contributed by atoms with Gasteiger partial charge in [-0.2, -0.15) is 0 Å². The molecule has 0 saturated carbocycles. The smallest absolute Gasteiger partial charge is 0.220 e. The van der Waals surface area contributed by atoms with Gasteiger partial charge in [-0.25, -0.2) is 0 Å². The van der Waals surface area contributed by atoms with Crippen molar-refractivity contribution in [1.82, 2.24) is 5.32 Å². The van der Waals surface area contributed by atoms with E-state index in [0.29, 0.717) is 12.8 Å². The first-order chi connectivity index (χ1) is 16.2. The van der Waals surface area contributed by atoms with Crippen molar-refractivity contribution in [3.63, 3.8) is 0 Å². The fraction of sp³-hybridized carbons (Fsp3) is 0.367. The molecule has 0 fully saturated rings. The van der Waals surface area contributed by atoms with Crippen molar-refractivity contribution >= 4 is 5.91 Å². The maximum absolute atomic E-state index is 12.8. The van der Waals surface area contributed by atoms with E-state index in [-0.39, 0.29) is 11.9 Å². The number of benzene rings is 3. The highest BCUT2D eigenvalue weighted by Crippen LogP contribution is 2.20. The molecule has 0 aliphatic carbocycles. The fourth-order valence-corrected chi connectivity index (χ4v) is 4.00. The van der Waals surface area contributed by atoms with Crippen LogP contribution < -0.4 is 10.1 Å². The number of aryl methyl sites for hydroxylation is 1. The molecule has 0 aliphatic rings. The lowest BCUT2D eigenvalue weighted by molar-refractivity contribution is -0.121. The maximum Gasteiger partial charge on any atom is 0.220 e. The topological polar surface area (TPSA) is 38.3 Å². The summed E-state index contributed by atoms with van der Waals surface area (Å²) >= 11 is 0. The molecule has 3 aromatic rings.